The van der Waals surface area contributed by atoms with E-state index in [2.05, 4.69) is 20.8 Å². The molecule has 1 aromatic carbocycles. The van der Waals surface area contributed by atoms with Crippen molar-refractivity contribution < 1.29 is 14.1 Å². The van der Waals surface area contributed by atoms with Gasteiger partial charge in [0.15, 0.2) is 22.5 Å². The fourth-order valence-electron chi connectivity index (χ4n) is 3.94. The van der Waals surface area contributed by atoms with Crippen LogP contribution in [0.1, 0.15) is 31.7 Å². The molecule has 3 N–H and O–H groups in total. The number of nitrogens with one attached hydrogen (secondary N) is 2. The molecule has 3 aromatic rings. The number of hydrogen-bond donors (Lipinski definition) is 3. The zero-order valence-corrected chi connectivity index (χ0v) is 17.7. The molecule has 4 atom stereocenters. The third kappa shape index (κ3) is 4.08. The number of anilines is 1. The van der Waals surface area contributed by atoms with Gasteiger partial charge in [0, 0.05) is 12.1 Å². The number of benzene rings is 1. The summed E-state index contributed by atoms with van der Waals surface area (Å²) in [6.45, 7) is 4.01. The Morgan fingerprint density at radius 3 is 2.77 bits per heavy atom. The van der Waals surface area contributed by atoms with Crippen LogP contribution in [0.15, 0.2) is 47.6 Å². The SMILES string of the molecule is CCC1CC(O)CC1C(=O)NNc1cnc2c(ccn2S(=O)c2ccc(C)cc2)n1. The standard InChI is InChI=1S/C21H25N5O3S/c1-3-14-10-15(27)11-17(14)21(28)25-24-19-12-22-20-18(23-19)8-9-26(20)30(29)16-6-4-13(2)5-7-16/h4-9,12,14-15,17,27H,3,10-11H2,1-2H3,(H,23,24)(H,25,28). The molecule has 1 aliphatic carbocycles. The lowest BCUT2D eigenvalue weighted by Crippen LogP contribution is -2.36. The summed E-state index contributed by atoms with van der Waals surface area (Å²) >= 11 is 0. The molecule has 2 aromatic heterocycles. The molecule has 2 heterocycles. The van der Waals surface area contributed by atoms with Crippen LogP contribution in [0.2, 0.25) is 0 Å². The maximum Gasteiger partial charge on any atom is 0.241 e. The maximum atomic E-state index is 12.9. The summed E-state index contributed by atoms with van der Waals surface area (Å²) in [5.74, 6) is 0.202. The Balaban J connectivity index is 1.46. The molecule has 1 saturated carbocycles. The highest BCUT2D eigenvalue weighted by molar-refractivity contribution is 7.83. The molecule has 0 aliphatic heterocycles. The van der Waals surface area contributed by atoms with Crippen LogP contribution in [-0.4, -0.2) is 35.3 Å². The van der Waals surface area contributed by atoms with Crippen LogP contribution < -0.4 is 10.9 Å². The highest BCUT2D eigenvalue weighted by Gasteiger charge is 2.36. The lowest BCUT2D eigenvalue weighted by atomic mass is 9.93. The second-order valence-corrected chi connectivity index (χ2v) is 9.05. The van der Waals surface area contributed by atoms with Crippen molar-refractivity contribution in [3.8, 4) is 0 Å². The molecule has 1 fully saturated rings. The van der Waals surface area contributed by atoms with Crippen molar-refractivity contribution in [2.45, 2.75) is 44.1 Å². The Labute approximate surface area is 177 Å². The lowest BCUT2D eigenvalue weighted by Gasteiger charge is -2.17. The Hall–Kier alpha value is -2.78. The number of aryl methyl sites for hydroxylation is 1. The Morgan fingerprint density at radius 1 is 1.27 bits per heavy atom. The topological polar surface area (TPSA) is 109 Å². The van der Waals surface area contributed by atoms with Crippen molar-refractivity contribution in [3.63, 3.8) is 0 Å². The number of nitrogens with zero attached hydrogens (tertiary/aromatic N) is 3. The van der Waals surface area contributed by atoms with Crippen LogP contribution in [0.3, 0.4) is 0 Å². The maximum absolute atomic E-state index is 12.9. The van der Waals surface area contributed by atoms with E-state index >= 15 is 0 Å². The zero-order valence-electron chi connectivity index (χ0n) is 16.9. The van der Waals surface area contributed by atoms with Crippen molar-refractivity contribution in [2.75, 3.05) is 5.43 Å². The first-order chi connectivity index (χ1) is 14.5. The third-order valence-electron chi connectivity index (χ3n) is 5.60. The van der Waals surface area contributed by atoms with Crippen LogP contribution in [-0.2, 0) is 15.8 Å². The molecule has 8 nitrogen and oxygen atoms in total. The third-order valence-corrected chi connectivity index (χ3v) is 6.93. The molecule has 0 saturated heterocycles. The number of carbonyl (C=O) groups is 1. The summed E-state index contributed by atoms with van der Waals surface area (Å²) in [6.07, 6.45) is 4.75. The van der Waals surface area contributed by atoms with E-state index < -0.39 is 17.1 Å². The van der Waals surface area contributed by atoms with Gasteiger partial charge in [-0.25, -0.2) is 18.1 Å². The summed E-state index contributed by atoms with van der Waals surface area (Å²) < 4.78 is 14.4. The minimum absolute atomic E-state index is 0.154. The summed E-state index contributed by atoms with van der Waals surface area (Å²) in [5.41, 5.74) is 7.65. The van der Waals surface area contributed by atoms with Crippen LogP contribution in [0.25, 0.3) is 11.2 Å². The molecule has 1 amide bonds. The van der Waals surface area contributed by atoms with Crippen LogP contribution in [0.4, 0.5) is 5.82 Å². The van der Waals surface area contributed by atoms with Gasteiger partial charge in [-0.2, -0.15) is 0 Å². The van der Waals surface area contributed by atoms with Gasteiger partial charge in [-0.15, -0.1) is 0 Å². The van der Waals surface area contributed by atoms with Crippen molar-refractivity contribution in [2.24, 2.45) is 11.8 Å². The van der Waals surface area contributed by atoms with Gasteiger partial charge in [0.05, 0.1) is 17.2 Å². The number of aliphatic hydroxyl groups is 1. The van der Waals surface area contributed by atoms with Crippen LogP contribution >= 0.6 is 0 Å². The number of aliphatic hydroxyl groups excluding tert-OH is 1. The van der Waals surface area contributed by atoms with E-state index in [4.69, 9.17) is 0 Å². The summed E-state index contributed by atoms with van der Waals surface area (Å²) in [7, 11) is -1.43. The van der Waals surface area contributed by atoms with Crippen LogP contribution in [0.5, 0.6) is 0 Å². The molecule has 30 heavy (non-hydrogen) atoms. The number of hydrogen-bond acceptors (Lipinski definition) is 6. The van der Waals surface area contributed by atoms with Gasteiger partial charge in [-0.3, -0.25) is 15.6 Å². The number of hydrazine groups is 1. The number of carbonyl (C=O) groups excluding carboxylic acids is 1. The first-order valence-corrected chi connectivity index (χ1v) is 11.1. The quantitative estimate of drug-likeness (QED) is 0.522. The first kappa shape index (κ1) is 20.5. The average molecular weight is 428 g/mol. The van der Waals surface area contributed by atoms with E-state index in [1.165, 1.54) is 6.20 Å². The molecule has 158 valence electrons. The molecular formula is C21H25N5O3S. The van der Waals surface area contributed by atoms with Gasteiger partial charge in [0.25, 0.3) is 0 Å². The van der Waals surface area contributed by atoms with E-state index in [0.717, 1.165) is 12.0 Å². The molecule has 1 aliphatic rings. The summed E-state index contributed by atoms with van der Waals surface area (Å²) in [4.78, 5) is 22.0. The van der Waals surface area contributed by atoms with E-state index in [-0.39, 0.29) is 17.7 Å². The minimum Gasteiger partial charge on any atom is -0.393 e. The fourth-order valence-corrected chi connectivity index (χ4v) is 5.00. The largest absolute Gasteiger partial charge is 0.393 e. The second-order valence-electron chi connectivity index (χ2n) is 7.68. The summed E-state index contributed by atoms with van der Waals surface area (Å²) in [6, 6.07) is 9.24. The molecule has 4 rings (SSSR count). The van der Waals surface area contributed by atoms with E-state index in [9.17, 15) is 14.1 Å². The van der Waals surface area contributed by atoms with Crippen molar-refractivity contribution in [1.82, 2.24) is 19.4 Å². The lowest BCUT2D eigenvalue weighted by molar-refractivity contribution is -0.125. The highest BCUT2D eigenvalue weighted by Crippen LogP contribution is 2.34. The number of aromatic nitrogens is 3. The Kier molecular flexibility index (Phi) is 5.83. The molecule has 4 unspecified atom stereocenters. The second kappa shape index (κ2) is 8.53. The number of rotatable bonds is 6. The normalized spacial score (nSPS) is 22.2. The highest BCUT2D eigenvalue weighted by atomic mass is 32.2. The van der Waals surface area contributed by atoms with E-state index in [1.807, 2.05) is 38.1 Å². The molecule has 0 bridgehead atoms. The minimum atomic E-state index is -1.43. The first-order valence-electron chi connectivity index (χ1n) is 10.0. The molecule has 0 radical (unpaired) electrons. The monoisotopic (exact) mass is 427 g/mol. The Morgan fingerprint density at radius 2 is 2.03 bits per heavy atom. The van der Waals surface area contributed by atoms with Crippen molar-refractivity contribution in [3.05, 3.63) is 48.3 Å². The van der Waals surface area contributed by atoms with Gasteiger partial charge < -0.3 is 5.11 Å². The molecule has 9 heteroatoms. The van der Waals surface area contributed by atoms with Gasteiger partial charge in [0.1, 0.15) is 5.52 Å². The Bertz CT molecular complexity index is 1080. The number of amides is 1. The van der Waals surface area contributed by atoms with Gasteiger partial charge in [-0.1, -0.05) is 31.0 Å². The van der Waals surface area contributed by atoms with Crippen molar-refractivity contribution in [1.29, 1.82) is 0 Å². The summed E-state index contributed by atoms with van der Waals surface area (Å²) in [5, 5.41) is 9.85. The predicted molar refractivity (Wildman–Crippen MR) is 115 cm³/mol. The predicted octanol–water partition coefficient (Wildman–Crippen LogP) is 2.55. The average Bonchev–Trinajstić information content (AvgIpc) is 3.34. The van der Waals surface area contributed by atoms with Gasteiger partial charge in [0.2, 0.25) is 5.91 Å². The molecular weight excluding hydrogens is 402 g/mol. The van der Waals surface area contributed by atoms with E-state index in [0.29, 0.717) is 34.7 Å². The fraction of sp³-hybridized carbons (Fsp3) is 0.381. The van der Waals surface area contributed by atoms with Gasteiger partial charge >= 0.3 is 0 Å². The van der Waals surface area contributed by atoms with E-state index in [1.54, 1.807) is 16.2 Å². The van der Waals surface area contributed by atoms with Crippen LogP contribution in [0, 0.1) is 18.8 Å². The van der Waals surface area contributed by atoms with Gasteiger partial charge in [-0.05, 0) is 43.9 Å². The zero-order chi connectivity index (χ0) is 21.3. The molecule has 0 spiro atoms. The number of fused-ring (bicyclic) bond motifs is 1. The smallest absolute Gasteiger partial charge is 0.241 e. The van der Waals surface area contributed by atoms with Crippen molar-refractivity contribution >= 4 is 33.9 Å².